The number of rotatable bonds is 3. The smallest absolute Gasteiger partial charge is 0.416 e. The molecule has 2 aromatic rings. The zero-order valence-corrected chi connectivity index (χ0v) is 14.3. The second kappa shape index (κ2) is 6.45. The number of benzene rings is 1. The SMILES string of the molecule is Cc1cnc(C2CCCCN2S(=O)(=O)c2ccc(C(F)(F)F)cc2)o1. The first-order valence-corrected chi connectivity index (χ1v) is 9.25. The Balaban J connectivity index is 1.94. The van der Waals surface area contributed by atoms with Gasteiger partial charge in [-0.05, 0) is 44.0 Å². The van der Waals surface area contributed by atoms with Crippen molar-refractivity contribution in [3.8, 4) is 0 Å². The third-order valence-electron chi connectivity index (χ3n) is 4.17. The summed E-state index contributed by atoms with van der Waals surface area (Å²) < 4.78 is 70.6. The number of hydrogen-bond acceptors (Lipinski definition) is 4. The summed E-state index contributed by atoms with van der Waals surface area (Å²) in [6.45, 7) is 1.99. The first kappa shape index (κ1) is 17.9. The number of aryl methyl sites for hydroxylation is 1. The lowest BCUT2D eigenvalue weighted by molar-refractivity contribution is -0.137. The van der Waals surface area contributed by atoms with Crippen LogP contribution in [0.4, 0.5) is 13.2 Å². The van der Waals surface area contributed by atoms with Gasteiger partial charge in [0.25, 0.3) is 0 Å². The van der Waals surface area contributed by atoms with E-state index >= 15 is 0 Å². The van der Waals surface area contributed by atoms with Gasteiger partial charge in [0.05, 0.1) is 16.7 Å². The molecule has 5 nitrogen and oxygen atoms in total. The number of alkyl halides is 3. The van der Waals surface area contributed by atoms with Gasteiger partial charge in [0.15, 0.2) is 0 Å². The van der Waals surface area contributed by atoms with Crippen molar-refractivity contribution in [2.45, 2.75) is 43.3 Å². The molecule has 1 aromatic heterocycles. The number of piperidine rings is 1. The van der Waals surface area contributed by atoms with Crippen LogP contribution in [0, 0.1) is 6.92 Å². The highest BCUT2D eigenvalue weighted by molar-refractivity contribution is 7.89. The van der Waals surface area contributed by atoms with Crippen molar-refractivity contribution < 1.29 is 26.0 Å². The van der Waals surface area contributed by atoms with Crippen molar-refractivity contribution in [1.82, 2.24) is 9.29 Å². The van der Waals surface area contributed by atoms with Gasteiger partial charge in [0.2, 0.25) is 15.9 Å². The van der Waals surface area contributed by atoms with Gasteiger partial charge in [-0.25, -0.2) is 13.4 Å². The molecule has 1 aromatic carbocycles. The highest BCUT2D eigenvalue weighted by atomic mass is 32.2. The number of hydrogen-bond donors (Lipinski definition) is 0. The maximum Gasteiger partial charge on any atom is 0.416 e. The predicted molar refractivity (Wildman–Crippen MR) is 83.2 cm³/mol. The molecular formula is C16H17F3N2O3S. The number of nitrogens with zero attached hydrogens (tertiary/aromatic N) is 2. The summed E-state index contributed by atoms with van der Waals surface area (Å²) in [4.78, 5) is 3.95. The first-order chi connectivity index (χ1) is 11.7. The van der Waals surface area contributed by atoms with Gasteiger partial charge < -0.3 is 4.42 Å². The zero-order valence-electron chi connectivity index (χ0n) is 13.5. The molecule has 3 rings (SSSR count). The number of aromatic nitrogens is 1. The van der Waals surface area contributed by atoms with Crippen molar-refractivity contribution in [2.75, 3.05) is 6.54 Å². The van der Waals surface area contributed by atoms with Crippen LogP contribution < -0.4 is 0 Å². The maximum atomic E-state index is 12.9. The summed E-state index contributed by atoms with van der Waals surface area (Å²) in [6, 6.07) is 2.99. The van der Waals surface area contributed by atoms with Gasteiger partial charge in [0, 0.05) is 6.54 Å². The van der Waals surface area contributed by atoms with E-state index in [0.29, 0.717) is 24.5 Å². The molecule has 1 aliphatic heterocycles. The number of sulfonamides is 1. The van der Waals surface area contributed by atoms with Crippen molar-refractivity contribution in [2.24, 2.45) is 0 Å². The Morgan fingerprint density at radius 1 is 1.20 bits per heavy atom. The van der Waals surface area contributed by atoms with E-state index in [0.717, 1.165) is 30.7 Å². The Morgan fingerprint density at radius 3 is 2.44 bits per heavy atom. The van der Waals surface area contributed by atoms with Crippen LogP contribution in [0.25, 0.3) is 0 Å². The summed E-state index contributed by atoms with van der Waals surface area (Å²) in [5.41, 5.74) is -0.884. The molecule has 9 heteroatoms. The van der Waals surface area contributed by atoms with Crippen LogP contribution in [0.5, 0.6) is 0 Å². The van der Waals surface area contributed by atoms with Gasteiger partial charge >= 0.3 is 6.18 Å². The number of oxazole rings is 1. The Kier molecular flexibility index (Phi) is 4.63. The molecule has 1 aliphatic rings. The zero-order chi connectivity index (χ0) is 18.2. The molecule has 1 atom stereocenters. The normalized spacial score (nSPS) is 19.9. The van der Waals surface area contributed by atoms with Gasteiger partial charge in [-0.2, -0.15) is 17.5 Å². The lowest BCUT2D eigenvalue weighted by Gasteiger charge is -2.32. The van der Waals surface area contributed by atoms with E-state index < -0.39 is 27.8 Å². The Hall–Kier alpha value is -1.87. The lowest BCUT2D eigenvalue weighted by atomic mass is 10.1. The molecule has 1 fully saturated rings. The minimum atomic E-state index is -4.51. The molecule has 0 aliphatic carbocycles. The maximum absolute atomic E-state index is 12.9. The summed E-state index contributed by atoms with van der Waals surface area (Å²) in [7, 11) is -3.95. The second-order valence-electron chi connectivity index (χ2n) is 5.96. The Bertz CT molecular complexity index is 844. The Morgan fingerprint density at radius 2 is 1.88 bits per heavy atom. The Labute approximate surface area is 143 Å². The lowest BCUT2D eigenvalue weighted by Crippen LogP contribution is -2.38. The minimum Gasteiger partial charge on any atom is -0.444 e. The first-order valence-electron chi connectivity index (χ1n) is 7.81. The fourth-order valence-corrected chi connectivity index (χ4v) is 4.57. The van der Waals surface area contributed by atoms with Crippen molar-refractivity contribution in [3.05, 3.63) is 47.7 Å². The molecule has 0 amide bonds. The fraction of sp³-hybridized carbons (Fsp3) is 0.438. The van der Waals surface area contributed by atoms with Crippen LogP contribution in [0.3, 0.4) is 0 Å². The van der Waals surface area contributed by atoms with Gasteiger partial charge in [0.1, 0.15) is 11.8 Å². The summed E-state index contributed by atoms with van der Waals surface area (Å²) in [5.74, 6) is 0.889. The van der Waals surface area contributed by atoms with Crippen LogP contribution in [-0.4, -0.2) is 24.3 Å². The predicted octanol–water partition coefficient (Wildman–Crippen LogP) is 3.92. The third-order valence-corrected chi connectivity index (χ3v) is 6.09. The van der Waals surface area contributed by atoms with E-state index in [1.54, 1.807) is 6.92 Å². The molecule has 0 radical (unpaired) electrons. The average molecular weight is 374 g/mol. The van der Waals surface area contributed by atoms with Gasteiger partial charge in [-0.1, -0.05) is 6.42 Å². The van der Waals surface area contributed by atoms with Crippen LogP contribution >= 0.6 is 0 Å². The topological polar surface area (TPSA) is 63.4 Å². The minimum absolute atomic E-state index is 0.171. The van der Waals surface area contributed by atoms with Crippen molar-refractivity contribution in [3.63, 3.8) is 0 Å². The highest BCUT2D eigenvalue weighted by Gasteiger charge is 2.37. The second-order valence-corrected chi connectivity index (χ2v) is 7.85. The third kappa shape index (κ3) is 3.57. The van der Waals surface area contributed by atoms with E-state index in [1.807, 2.05) is 0 Å². The van der Waals surface area contributed by atoms with Crippen LogP contribution in [0.2, 0.25) is 0 Å². The average Bonchev–Trinajstić information content (AvgIpc) is 3.00. The molecule has 0 bridgehead atoms. The summed E-state index contributed by atoms with van der Waals surface area (Å²) in [5, 5.41) is 0. The summed E-state index contributed by atoms with van der Waals surface area (Å²) in [6.07, 6.45) is -0.931. The molecule has 2 heterocycles. The molecular weight excluding hydrogens is 357 g/mol. The van der Waals surface area contributed by atoms with E-state index in [1.165, 1.54) is 10.5 Å². The molecule has 136 valence electrons. The van der Waals surface area contributed by atoms with Crippen LogP contribution in [0.15, 0.2) is 39.8 Å². The van der Waals surface area contributed by atoms with E-state index in [2.05, 4.69) is 4.98 Å². The molecule has 1 saturated heterocycles. The molecule has 25 heavy (non-hydrogen) atoms. The quantitative estimate of drug-likeness (QED) is 0.817. The van der Waals surface area contributed by atoms with Crippen molar-refractivity contribution in [1.29, 1.82) is 0 Å². The standard InChI is InChI=1S/C16H17F3N2O3S/c1-11-10-20-15(24-11)14-4-2-3-9-21(14)25(22,23)13-7-5-12(6-8-13)16(17,18)19/h5-8,10,14H,2-4,9H2,1H3. The fourth-order valence-electron chi connectivity index (χ4n) is 2.92. The largest absolute Gasteiger partial charge is 0.444 e. The molecule has 0 saturated carbocycles. The molecule has 0 spiro atoms. The van der Waals surface area contributed by atoms with Crippen LogP contribution in [0.1, 0.15) is 42.5 Å². The van der Waals surface area contributed by atoms with Gasteiger partial charge in [-0.3, -0.25) is 0 Å². The highest BCUT2D eigenvalue weighted by Crippen LogP contribution is 2.36. The molecule has 1 unspecified atom stereocenters. The monoisotopic (exact) mass is 374 g/mol. The van der Waals surface area contributed by atoms with E-state index in [4.69, 9.17) is 4.42 Å². The van der Waals surface area contributed by atoms with Gasteiger partial charge in [-0.15, -0.1) is 0 Å². The molecule has 0 N–H and O–H groups in total. The van der Waals surface area contributed by atoms with Crippen LogP contribution in [-0.2, 0) is 16.2 Å². The number of halogens is 3. The van der Waals surface area contributed by atoms with Crippen molar-refractivity contribution >= 4 is 10.0 Å². The van der Waals surface area contributed by atoms with E-state index in [-0.39, 0.29) is 11.4 Å². The summed E-state index contributed by atoms with van der Waals surface area (Å²) >= 11 is 0. The van der Waals surface area contributed by atoms with E-state index in [9.17, 15) is 21.6 Å².